The zero-order chi connectivity index (χ0) is 8.44. The zero-order valence-corrected chi connectivity index (χ0v) is 7.68. The van der Waals surface area contributed by atoms with Crippen molar-refractivity contribution in [3.63, 3.8) is 0 Å². The summed E-state index contributed by atoms with van der Waals surface area (Å²) in [6.45, 7) is 9.90. The lowest BCUT2D eigenvalue weighted by atomic mass is 9.73. The Morgan fingerprint density at radius 2 is 2.00 bits per heavy atom. The summed E-state index contributed by atoms with van der Waals surface area (Å²) in [5.41, 5.74) is 0.692. The molecule has 0 aromatic carbocycles. The summed E-state index contributed by atoms with van der Waals surface area (Å²) >= 11 is 0. The average molecular weight is 166 g/mol. The molecule has 68 valence electrons. The second-order valence-electron chi connectivity index (χ2n) is 4.19. The molecule has 1 N–H and O–H groups in total. The monoisotopic (exact) mass is 166 g/mol. The molecule has 2 saturated heterocycles. The van der Waals surface area contributed by atoms with E-state index >= 15 is 0 Å². The summed E-state index contributed by atoms with van der Waals surface area (Å²) in [5, 5.41) is 3.38. The van der Waals surface area contributed by atoms with Gasteiger partial charge in [0.15, 0.2) is 0 Å². The molecule has 0 amide bonds. The van der Waals surface area contributed by atoms with E-state index in [-0.39, 0.29) is 0 Å². The van der Waals surface area contributed by atoms with Gasteiger partial charge in [-0.1, -0.05) is 6.08 Å². The van der Waals surface area contributed by atoms with Crippen molar-refractivity contribution >= 4 is 0 Å². The van der Waals surface area contributed by atoms with E-state index in [0.717, 1.165) is 6.54 Å². The number of hydrogen-bond acceptors (Lipinski definition) is 2. The standard InChI is InChI=1S/C10H18N2/c1-2-5-12-6-3-10(4-7-12)8-11-9-10/h2,11H,1,3-9H2. The van der Waals surface area contributed by atoms with E-state index in [1.807, 2.05) is 6.08 Å². The van der Waals surface area contributed by atoms with Crippen molar-refractivity contribution in [1.29, 1.82) is 0 Å². The van der Waals surface area contributed by atoms with E-state index in [2.05, 4.69) is 16.8 Å². The maximum Gasteiger partial charge on any atom is 0.0160 e. The normalized spacial score (nSPS) is 28.3. The van der Waals surface area contributed by atoms with Crippen LogP contribution in [0.15, 0.2) is 12.7 Å². The van der Waals surface area contributed by atoms with Crippen molar-refractivity contribution in [2.75, 3.05) is 32.7 Å². The number of piperidine rings is 1. The summed E-state index contributed by atoms with van der Waals surface area (Å²) in [6, 6.07) is 0. The molecule has 1 spiro atoms. The van der Waals surface area contributed by atoms with Gasteiger partial charge in [0, 0.05) is 19.6 Å². The van der Waals surface area contributed by atoms with Crippen LogP contribution in [-0.2, 0) is 0 Å². The highest BCUT2D eigenvalue weighted by Gasteiger charge is 2.39. The van der Waals surface area contributed by atoms with Crippen LogP contribution in [-0.4, -0.2) is 37.6 Å². The lowest BCUT2D eigenvalue weighted by molar-refractivity contribution is 0.0608. The Balaban J connectivity index is 1.80. The molecule has 2 aliphatic heterocycles. The molecule has 0 aromatic rings. The first-order valence-corrected chi connectivity index (χ1v) is 4.89. The largest absolute Gasteiger partial charge is 0.316 e. The minimum atomic E-state index is 0.692. The van der Waals surface area contributed by atoms with Crippen LogP contribution >= 0.6 is 0 Å². The van der Waals surface area contributed by atoms with Gasteiger partial charge in [-0.15, -0.1) is 6.58 Å². The number of nitrogens with zero attached hydrogens (tertiary/aromatic N) is 1. The van der Waals surface area contributed by atoms with E-state index in [1.165, 1.54) is 39.0 Å². The van der Waals surface area contributed by atoms with Crippen LogP contribution in [0.4, 0.5) is 0 Å². The molecular weight excluding hydrogens is 148 g/mol. The molecule has 2 aliphatic rings. The fourth-order valence-corrected chi connectivity index (χ4v) is 2.22. The van der Waals surface area contributed by atoms with Crippen molar-refractivity contribution < 1.29 is 0 Å². The van der Waals surface area contributed by atoms with Crippen LogP contribution in [0.3, 0.4) is 0 Å². The summed E-state index contributed by atoms with van der Waals surface area (Å²) in [6.07, 6.45) is 4.78. The van der Waals surface area contributed by atoms with Crippen LogP contribution in [0.2, 0.25) is 0 Å². The van der Waals surface area contributed by atoms with E-state index in [0.29, 0.717) is 5.41 Å². The Bertz CT molecular complexity index is 163. The van der Waals surface area contributed by atoms with Gasteiger partial charge in [0.1, 0.15) is 0 Å². The smallest absolute Gasteiger partial charge is 0.0160 e. The molecule has 2 rings (SSSR count). The Kier molecular flexibility index (Phi) is 2.20. The van der Waals surface area contributed by atoms with Gasteiger partial charge < -0.3 is 5.32 Å². The maximum atomic E-state index is 3.77. The van der Waals surface area contributed by atoms with Gasteiger partial charge in [-0.05, 0) is 31.3 Å². The number of hydrogen-bond donors (Lipinski definition) is 1. The predicted octanol–water partition coefficient (Wildman–Crippen LogP) is 0.858. The van der Waals surface area contributed by atoms with Crippen molar-refractivity contribution in [1.82, 2.24) is 10.2 Å². The van der Waals surface area contributed by atoms with Crippen molar-refractivity contribution in [2.45, 2.75) is 12.8 Å². The van der Waals surface area contributed by atoms with Crippen LogP contribution in [0.25, 0.3) is 0 Å². The molecule has 2 fully saturated rings. The molecule has 0 bridgehead atoms. The van der Waals surface area contributed by atoms with E-state index in [9.17, 15) is 0 Å². The SMILES string of the molecule is C=CCN1CCC2(CC1)CNC2. The molecule has 0 saturated carbocycles. The second-order valence-corrected chi connectivity index (χ2v) is 4.19. The molecule has 0 aliphatic carbocycles. The molecule has 2 nitrogen and oxygen atoms in total. The highest BCUT2D eigenvalue weighted by molar-refractivity contribution is 4.96. The first kappa shape index (κ1) is 8.27. The first-order valence-electron chi connectivity index (χ1n) is 4.89. The number of nitrogens with one attached hydrogen (secondary N) is 1. The fraction of sp³-hybridized carbons (Fsp3) is 0.800. The molecule has 0 radical (unpaired) electrons. The Hall–Kier alpha value is -0.340. The van der Waals surface area contributed by atoms with Gasteiger partial charge in [-0.3, -0.25) is 4.90 Å². The molecule has 0 aromatic heterocycles. The van der Waals surface area contributed by atoms with Gasteiger partial charge in [0.25, 0.3) is 0 Å². The Labute approximate surface area is 74.6 Å². The third-order valence-corrected chi connectivity index (χ3v) is 3.30. The molecule has 0 atom stereocenters. The topological polar surface area (TPSA) is 15.3 Å². The highest BCUT2D eigenvalue weighted by atomic mass is 15.1. The summed E-state index contributed by atoms with van der Waals surface area (Å²) < 4.78 is 0. The minimum absolute atomic E-state index is 0.692. The summed E-state index contributed by atoms with van der Waals surface area (Å²) in [5.74, 6) is 0. The summed E-state index contributed by atoms with van der Waals surface area (Å²) in [4.78, 5) is 2.50. The van der Waals surface area contributed by atoms with Gasteiger partial charge in [0.05, 0.1) is 0 Å². The van der Waals surface area contributed by atoms with Crippen LogP contribution < -0.4 is 5.32 Å². The highest BCUT2D eigenvalue weighted by Crippen LogP contribution is 2.34. The molecule has 0 unspecified atom stereocenters. The molecule has 2 heterocycles. The number of likely N-dealkylation sites (tertiary alicyclic amines) is 1. The van der Waals surface area contributed by atoms with Gasteiger partial charge in [0.2, 0.25) is 0 Å². The van der Waals surface area contributed by atoms with E-state index in [1.54, 1.807) is 0 Å². The molecule has 12 heavy (non-hydrogen) atoms. The third kappa shape index (κ3) is 1.41. The minimum Gasteiger partial charge on any atom is -0.316 e. The Morgan fingerprint density at radius 3 is 2.42 bits per heavy atom. The quantitative estimate of drug-likeness (QED) is 0.612. The molecule has 2 heteroatoms. The number of rotatable bonds is 2. The van der Waals surface area contributed by atoms with Gasteiger partial charge >= 0.3 is 0 Å². The third-order valence-electron chi connectivity index (χ3n) is 3.30. The van der Waals surface area contributed by atoms with Gasteiger partial charge in [-0.25, -0.2) is 0 Å². The van der Waals surface area contributed by atoms with Crippen molar-refractivity contribution in [3.05, 3.63) is 12.7 Å². The second kappa shape index (κ2) is 3.19. The van der Waals surface area contributed by atoms with Crippen LogP contribution in [0.1, 0.15) is 12.8 Å². The fourth-order valence-electron chi connectivity index (χ4n) is 2.22. The van der Waals surface area contributed by atoms with Crippen LogP contribution in [0, 0.1) is 5.41 Å². The van der Waals surface area contributed by atoms with Gasteiger partial charge in [-0.2, -0.15) is 0 Å². The zero-order valence-electron chi connectivity index (χ0n) is 7.68. The van der Waals surface area contributed by atoms with E-state index < -0.39 is 0 Å². The van der Waals surface area contributed by atoms with Crippen molar-refractivity contribution in [2.24, 2.45) is 5.41 Å². The predicted molar refractivity (Wildman–Crippen MR) is 51.2 cm³/mol. The lowest BCUT2D eigenvalue weighted by Gasteiger charge is -2.48. The lowest BCUT2D eigenvalue weighted by Crippen LogP contribution is -2.58. The van der Waals surface area contributed by atoms with Crippen molar-refractivity contribution in [3.8, 4) is 0 Å². The average Bonchev–Trinajstić information content (AvgIpc) is 2.04. The Morgan fingerprint density at radius 1 is 1.33 bits per heavy atom. The molecular formula is C10H18N2. The van der Waals surface area contributed by atoms with Crippen LogP contribution in [0.5, 0.6) is 0 Å². The maximum absolute atomic E-state index is 3.77. The summed E-state index contributed by atoms with van der Waals surface area (Å²) in [7, 11) is 0. The first-order chi connectivity index (χ1) is 5.85. The van der Waals surface area contributed by atoms with E-state index in [4.69, 9.17) is 0 Å².